The first-order chi connectivity index (χ1) is 5.75. The summed E-state index contributed by atoms with van der Waals surface area (Å²) in [6, 6.07) is 0. The van der Waals surface area contributed by atoms with Gasteiger partial charge in [-0.2, -0.15) is 0 Å². The third-order valence-electron chi connectivity index (χ3n) is 1.50. The summed E-state index contributed by atoms with van der Waals surface area (Å²) in [5.74, 6) is 0. The van der Waals surface area contributed by atoms with Crippen LogP contribution in [0.25, 0.3) is 0 Å². The number of allylic oxidation sites excluding steroid dienone is 5. The van der Waals surface area contributed by atoms with Crippen molar-refractivity contribution in [3.05, 3.63) is 48.4 Å². The summed E-state index contributed by atoms with van der Waals surface area (Å²) in [7, 11) is 0. The minimum Gasteiger partial charge on any atom is -0.397 e. The quantitative estimate of drug-likeness (QED) is 0.625. The lowest BCUT2D eigenvalue weighted by Gasteiger charge is -2.08. The molecule has 0 atom stereocenters. The van der Waals surface area contributed by atoms with Crippen LogP contribution in [0.2, 0.25) is 0 Å². The molecule has 0 heterocycles. The second-order valence-electron chi connectivity index (χ2n) is 2.47. The van der Waals surface area contributed by atoms with Crippen molar-refractivity contribution in [2.75, 3.05) is 0 Å². The van der Waals surface area contributed by atoms with Gasteiger partial charge in [0.2, 0.25) is 0 Å². The van der Waals surface area contributed by atoms with Crippen LogP contribution in [0.1, 0.15) is 6.92 Å². The van der Waals surface area contributed by atoms with Crippen molar-refractivity contribution < 1.29 is 0 Å². The van der Waals surface area contributed by atoms with Crippen LogP contribution in [0.4, 0.5) is 0 Å². The maximum absolute atomic E-state index is 5.69. The Balaban J connectivity index is 2.97. The van der Waals surface area contributed by atoms with Crippen LogP contribution in [0.5, 0.6) is 0 Å². The van der Waals surface area contributed by atoms with Crippen molar-refractivity contribution in [2.45, 2.75) is 6.92 Å². The van der Waals surface area contributed by atoms with Gasteiger partial charge in [-0.05, 0) is 18.6 Å². The molecule has 62 valence electrons. The molecular formula is C10H12N2. The van der Waals surface area contributed by atoms with Crippen molar-refractivity contribution in [1.29, 1.82) is 0 Å². The van der Waals surface area contributed by atoms with E-state index in [1.807, 2.05) is 31.2 Å². The number of rotatable bonds is 1. The lowest BCUT2D eigenvalue weighted by molar-refractivity contribution is 1.40. The van der Waals surface area contributed by atoms with Crippen LogP contribution in [-0.2, 0) is 0 Å². The predicted octanol–water partition coefficient (Wildman–Crippen LogP) is 1.93. The SMILES string of the molecule is C=C1C=CC=C(N)/C1=N/C=C\C. The monoisotopic (exact) mass is 160 g/mol. The van der Waals surface area contributed by atoms with Gasteiger partial charge < -0.3 is 5.73 Å². The number of hydrogen-bond donors (Lipinski definition) is 1. The Morgan fingerprint density at radius 3 is 2.92 bits per heavy atom. The maximum atomic E-state index is 5.69. The molecule has 0 aliphatic heterocycles. The standard InChI is InChI=1S/C10H12N2/c1-3-7-12-10-8(2)5-4-6-9(10)11/h3-7H,2,11H2,1H3/b7-3-,12-10+. The highest BCUT2D eigenvalue weighted by Gasteiger charge is 2.06. The Labute approximate surface area is 72.5 Å². The van der Waals surface area contributed by atoms with Gasteiger partial charge in [-0.15, -0.1) is 0 Å². The van der Waals surface area contributed by atoms with E-state index in [0.717, 1.165) is 11.3 Å². The Morgan fingerprint density at radius 1 is 1.58 bits per heavy atom. The minimum atomic E-state index is 0.667. The summed E-state index contributed by atoms with van der Waals surface area (Å²) in [4.78, 5) is 4.16. The summed E-state index contributed by atoms with van der Waals surface area (Å²) >= 11 is 0. The molecule has 0 unspecified atom stereocenters. The fourth-order valence-corrected chi connectivity index (χ4v) is 0.918. The topological polar surface area (TPSA) is 38.4 Å². The summed E-state index contributed by atoms with van der Waals surface area (Å²) in [5, 5.41) is 0. The first kappa shape index (κ1) is 8.53. The first-order valence-electron chi connectivity index (χ1n) is 3.78. The van der Waals surface area contributed by atoms with Crippen LogP contribution in [0.3, 0.4) is 0 Å². The molecule has 1 aliphatic rings. The van der Waals surface area contributed by atoms with E-state index in [4.69, 9.17) is 5.73 Å². The van der Waals surface area contributed by atoms with Crippen LogP contribution in [0.15, 0.2) is 53.3 Å². The van der Waals surface area contributed by atoms with Crippen molar-refractivity contribution in [2.24, 2.45) is 10.7 Å². The first-order valence-corrected chi connectivity index (χ1v) is 3.78. The van der Waals surface area contributed by atoms with Gasteiger partial charge in [0.05, 0.1) is 11.4 Å². The summed E-state index contributed by atoms with van der Waals surface area (Å²) < 4.78 is 0. The molecule has 0 bridgehead atoms. The van der Waals surface area contributed by atoms with E-state index in [-0.39, 0.29) is 0 Å². The van der Waals surface area contributed by atoms with Crippen LogP contribution < -0.4 is 5.73 Å². The predicted molar refractivity (Wildman–Crippen MR) is 52.8 cm³/mol. The minimum absolute atomic E-state index is 0.667. The van der Waals surface area contributed by atoms with E-state index >= 15 is 0 Å². The van der Waals surface area contributed by atoms with Gasteiger partial charge >= 0.3 is 0 Å². The highest BCUT2D eigenvalue weighted by molar-refractivity contribution is 6.14. The van der Waals surface area contributed by atoms with E-state index in [2.05, 4.69) is 11.6 Å². The smallest absolute Gasteiger partial charge is 0.0924 e. The molecule has 2 nitrogen and oxygen atoms in total. The molecule has 1 aliphatic carbocycles. The molecule has 0 aromatic rings. The third kappa shape index (κ3) is 1.72. The molecule has 2 heteroatoms. The zero-order valence-electron chi connectivity index (χ0n) is 7.12. The van der Waals surface area contributed by atoms with Gasteiger partial charge in [0, 0.05) is 6.20 Å². The van der Waals surface area contributed by atoms with Crippen molar-refractivity contribution >= 4 is 5.71 Å². The molecule has 0 spiro atoms. The third-order valence-corrected chi connectivity index (χ3v) is 1.50. The molecule has 0 saturated carbocycles. The average Bonchev–Trinajstić information content (AvgIpc) is 2.04. The number of aliphatic imine (C=N–C) groups is 1. The van der Waals surface area contributed by atoms with Gasteiger partial charge in [0.15, 0.2) is 0 Å². The summed E-state index contributed by atoms with van der Waals surface area (Å²) in [6.45, 7) is 5.73. The Kier molecular flexibility index (Phi) is 2.64. The molecule has 0 aromatic heterocycles. The second kappa shape index (κ2) is 3.72. The van der Waals surface area contributed by atoms with E-state index in [0.29, 0.717) is 5.70 Å². The molecule has 0 aromatic carbocycles. The second-order valence-corrected chi connectivity index (χ2v) is 2.47. The maximum Gasteiger partial charge on any atom is 0.0924 e. The Morgan fingerprint density at radius 2 is 2.33 bits per heavy atom. The lowest BCUT2D eigenvalue weighted by Crippen LogP contribution is -2.14. The fraction of sp³-hybridized carbons (Fsp3) is 0.100. The number of nitrogens with two attached hydrogens (primary N) is 1. The number of hydrogen-bond acceptors (Lipinski definition) is 2. The molecule has 0 saturated heterocycles. The fourth-order valence-electron chi connectivity index (χ4n) is 0.918. The van der Waals surface area contributed by atoms with Gasteiger partial charge in [-0.3, -0.25) is 4.99 Å². The molecule has 0 amide bonds. The van der Waals surface area contributed by atoms with Crippen molar-refractivity contribution in [3.63, 3.8) is 0 Å². The summed E-state index contributed by atoms with van der Waals surface area (Å²) in [5.41, 5.74) is 7.98. The molecule has 0 radical (unpaired) electrons. The molecule has 1 rings (SSSR count). The normalized spacial score (nSPS) is 20.6. The average molecular weight is 160 g/mol. The molecule has 0 fully saturated rings. The van der Waals surface area contributed by atoms with E-state index < -0.39 is 0 Å². The zero-order valence-corrected chi connectivity index (χ0v) is 7.12. The van der Waals surface area contributed by atoms with Crippen LogP contribution >= 0.6 is 0 Å². The van der Waals surface area contributed by atoms with Gasteiger partial charge in [0.1, 0.15) is 0 Å². The highest BCUT2D eigenvalue weighted by Crippen LogP contribution is 2.09. The van der Waals surface area contributed by atoms with Gasteiger partial charge in [-0.25, -0.2) is 0 Å². The lowest BCUT2D eigenvalue weighted by atomic mass is 10.0. The molecule has 12 heavy (non-hydrogen) atoms. The summed E-state index contributed by atoms with van der Waals surface area (Å²) in [6.07, 6.45) is 9.13. The zero-order chi connectivity index (χ0) is 8.97. The largest absolute Gasteiger partial charge is 0.397 e. The van der Waals surface area contributed by atoms with E-state index in [1.165, 1.54) is 0 Å². The van der Waals surface area contributed by atoms with Gasteiger partial charge in [-0.1, -0.05) is 24.8 Å². The Hall–Kier alpha value is -1.57. The highest BCUT2D eigenvalue weighted by atomic mass is 14.8. The van der Waals surface area contributed by atoms with Crippen molar-refractivity contribution in [3.8, 4) is 0 Å². The molecular weight excluding hydrogens is 148 g/mol. The molecule has 2 N–H and O–H groups in total. The van der Waals surface area contributed by atoms with E-state index in [1.54, 1.807) is 6.20 Å². The van der Waals surface area contributed by atoms with Crippen molar-refractivity contribution in [1.82, 2.24) is 0 Å². The van der Waals surface area contributed by atoms with Gasteiger partial charge in [0.25, 0.3) is 0 Å². The van der Waals surface area contributed by atoms with Crippen LogP contribution in [-0.4, -0.2) is 5.71 Å². The Bertz CT molecular complexity index is 304. The van der Waals surface area contributed by atoms with Crippen LogP contribution in [0, 0.1) is 0 Å². The number of nitrogens with zero attached hydrogens (tertiary/aromatic N) is 1. The van der Waals surface area contributed by atoms with E-state index in [9.17, 15) is 0 Å².